The number of nitrogens with two attached hydrogens (primary N) is 6. The second kappa shape index (κ2) is 22.3. The number of hydrogen-bond donors (Lipinski definition) is 7. The molecule has 0 aliphatic carbocycles. The molecule has 57 heavy (non-hydrogen) atoms. The van der Waals surface area contributed by atoms with Gasteiger partial charge in [0, 0.05) is 37.8 Å². The van der Waals surface area contributed by atoms with Gasteiger partial charge in [-0.05, 0) is 71.9 Å². The summed E-state index contributed by atoms with van der Waals surface area (Å²) in [6.07, 6.45) is 1.44. The molecule has 2 amide bonds. The van der Waals surface area contributed by atoms with Crippen LogP contribution in [0.1, 0.15) is 49.7 Å². The Morgan fingerprint density at radius 3 is 1.40 bits per heavy atom. The number of carbonyl (C=O) groups is 4. The van der Waals surface area contributed by atoms with E-state index in [4.69, 9.17) is 34.4 Å². The summed E-state index contributed by atoms with van der Waals surface area (Å²) in [7, 11) is 0. The minimum atomic E-state index is -1.02. The fourth-order valence-electron chi connectivity index (χ4n) is 6.61. The van der Waals surface area contributed by atoms with Crippen LogP contribution in [0.5, 0.6) is 0 Å². The largest absolute Gasteiger partial charge is 0.370 e. The summed E-state index contributed by atoms with van der Waals surface area (Å²) < 4.78 is 0. The van der Waals surface area contributed by atoms with Gasteiger partial charge in [0.1, 0.15) is 0 Å². The molecule has 0 heterocycles. The van der Waals surface area contributed by atoms with Crippen molar-refractivity contribution >= 4 is 35.3 Å². The zero-order valence-corrected chi connectivity index (χ0v) is 32.3. The van der Waals surface area contributed by atoms with Gasteiger partial charge >= 0.3 is 0 Å². The SMILES string of the molecule is NC(=O)[C@@H](CCCN=C(N)N)CC(=O)[C@@H](Cc1ccc(-c2ccccc2)cc1)NC(=O)[C@@H](CCCN=C(N)N)CC(=O)[C@H](N)Cc1ccc(-c2ccccc2)cc1. The lowest BCUT2D eigenvalue weighted by atomic mass is 9.89. The molecule has 0 aromatic heterocycles. The van der Waals surface area contributed by atoms with Crippen molar-refractivity contribution in [2.45, 2.75) is 63.5 Å². The Morgan fingerprint density at radius 2 is 0.947 bits per heavy atom. The highest BCUT2D eigenvalue weighted by Crippen LogP contribution is 2.23. The molecule has 13 nitrogen and oxygen atoms in total. The number of benzene rings is 4. The highest BCUT2D eigenvalue weighted by atomic mass is 16.2. The Bertz CT molecular complexity index is 1960. The average Bonchev–Trinajstić information content (AvgIpc) is 3.20. The van der Waals surface area contributed by atoms with Gasteiger partial charge in [-0.2, -0.15) is 0 Å². The average molecular weight is 774 g/mol. The summed E-state index contributed by atoms with van der Waals surface area (Å²) in [6, 6.07) is 33.5. The standard InChI is InChI=1S/C44H55N9O4/c45-37(25-29-15-19-33(20-16-29)31-9-3-1-4-10-31)39(54)28-36(14-8-24-52-44(49)50)42(57)53-38(40(55)27-35(41(46)56)13-7-23-51-43(47)48)26-30-17-21-34(22-18-30)32-11-5-2-6-12-32/h1-6,9-12,15-22,35-38H,7-8,13-14,23-28,45H2,(H2,46,56)(H,53,57)(H4,47,48,51)(H4,49,50,52)/t35-,36-,37+,38+/m0/s1. The van der Waals surface area contributed by atoms with Gasteiger partial charge in [-0.3, -0.25) is 29.2 Å². The second-order valence-electron chi connectivity index (χ2n) is 14.2. The monoisotopic (exact) mass is 773 g/mol. The fourth-order valence-corrected chi connectivity index (χ4v) is 6.61. The maximum absolute atomic E-state index is 14.1. The van der Waals surface area contributed by atoms with E-state index in [2.05, 4.69) is 15.3 Å². The van der Waals surface area contributed by atoms with Gasteiger partial charge in [-0.1, -0.05) is 109 Å². The molecule has 300 valence electrons. The Labute approximate surface area is 334 Å². The highest BCUT2D eigenvalue weighted by Gasteiger charge is 2.31. The van der Waals surface area contributed by atoms with E-state index >= 15 is 0 Å². The molecule has 0 saturated heterocycles. The van der Waals surface area contributed by atoms with Gasteiger partial charge in [0.15, 0.2) is 23.5 Å². The van der Waals surface area contributed by atoms with E-state index in [1.165, 1.54) is 0 Å². The molecule has 4 rings (SSSR count). The minimum absolute atomic E-state index is 0.0763. The number of hydrogen-bond acceptors (Lipinski definition) is 7. The van der Waals surface area contributed by atoms with Crippen molar-refractivity contribution in [3.8, 4) is 22.3 Å². The number of aliphatic imine (C=N–C) groups is 2. The van der Waals surface area contributed by atoms with E-state index in [0.29, 0.717) is 12.8 Å². The molecular formula is C44H55N9O4. The number of nitrogens with one attached hydrogen (secondary N) is 1. The third kappa shape index (κ3) is 14.7. The number of carbonyl (C=O) groups excluding carboxylic acids is 4. The van der Waals surface area contributed by atoms with Gasteiger partial charge in [-0.15, -0.1) is 0 Å². The number of primary amides is 1. The zero-order valence-electron chi connectivity index (χ0n) is 32.3. The van der Waals surface area contributed by atoms with Crippen LogP contribution in [0.2, 0.25) is 0 Å². The summed E-state index contributed by atoms with van der Waals surface area (Å²) in [5.41, 5.74) is 39.9. The van der Waals surface area contributed by atoms with Crippen molar-refractivity contribution in [2.24, 2.45) is 56.2 Å². The van der Waals surface area contributed by atoms with Crippen molar-refractivity contribution in [1.82, 2.24) is 5.32 Å². The first-order valence-electron chi connectivity index (χ1n) is 19.2. The van der Waals surface area contributed by atoms with Crippen LogP contribution in [0.4, 0.5) is 0 Å². The molecule has 0 saturated carbocycles. The van der Waals surface area contributed by atoms with E-state index < -0.39 is 35.7 Å². The van der Waals surface area contributed by atoms with Crippen molar-refractivity contribution in [1.29, 1.82) is 0 Å². The highest BCUT2D eigenvalue weighted by molar-refractivity contribution is 5.94. The molecule has 0 aliphatic heterocycles. The van der Waals surface area contributed by atoms with Gasteiger partial charge in [0.2, 0.25) is 11.8 Å². The summed E-state index contributed by atoms with van der Waals surface area (Å²) in [4.78, 5) is 62.2. The van der Waals surface area contributed by atoms with Crippen LogP contribution in [-0.2, 0) is 32.0 Å². The van der Waals surface area contributed by atoms with E-state index in [-0.39, 0.29) is 75.1 Å². The molecule has 0 bridgehead atoms. The topological polar surface area (TPSA) is 261 Å². The van der Waals surface area contributed by atoms with Crippen LogP contribution in [-0.4, -0.2) is 60.5 Å². The molecule has 0 spiro atoms. The smallest absolute Gasteiger partial charge is 0.224 e. The lowest BCUT2D eigenvalue weighted by Gasteiger charge is -2.24. The van der Waals surface area contributed by atoms with Gasteiger partial charge in [-0.25, -0.2) is 0 Å². The van der Waals surface area contributed by atoms with Gasteiger partial charge < -0.3 is 39.7 Å². The Balaban J connectivity index is 1.52. The number of rotatable bonds is 23. The number of ketones is 2. The quantitative estimate of drug-likeness (QED) is 0.0331. The molecule has 4 aromatic rings. The van der Waals surface area contributed by atoms with Crippen LogP contribution >= 0.6 is 0 Å². The van der Waals surface area contributed by atoms with Crippen LogP contribution in [0.25, 0.3) is 22.3 Å². The van der Waals surface area contributed by atoms with E-state index in [0.717, 1.165) is 33.4 Å². The first kappa shape index (κ1) is 43.4. The molecule has 0 fully saturated rings. The number of Topliss-reactive ketones (excluding diaryl/α,β-unsaturated/α-hetero) is 2. The maximum Gasteiger partial charge on any atom is 0.224 e. The van der Waals surface area contributed by atoms with Crippen molar-refractivity contribution in [2.75, 3.05) is 13.1 Å². The van der Waals surface area contributed by atoms with Crippen LogP contribution in [0.3, 0.4) is 0 Å². The summed E-state index contributed by atoms with van der Waals surface area (Å²) in [5, 5.41) is 2.93. The minimum Gasteiger partial charge on any atom is -0.370 e. The van der Waals surface area contributed by atoms with E-state index in [9.17, 15) is 19.2 Å². The van der Waals surface area contributed by atoms with Crippen molar-refractivity contribution < 1.29 is 19.2 Å². The zero-order chi connectivity index (χ0) is 41.2. The van der Waals surface area contributed by atoms with E-state index in [1.807, 2.05) is 109 Å². The van der Waals surface area contributed by atoms with Crippen LogP contribution in [0, 0.1) is 11.8 Å². The first-order chi connectivity index (χ1) is 27.4. The fraction of sp³-hybridized carbons (Fsp3) is 0.318. The number of nitrogens with zero attached hydrogens (tertiary/aromatic N) is 2. The lowest BCUT2D eigenvalue weighted by molar-refractivity contribution is -0.134. The molecule has 4 atom stereocenters. The molecule has 0 radical (unpaired) electrons. The third-order valence-electron chi connectivity index (χ3n) is 9.81. The van der Waals surface area contributed by atoms with Gasteiger partial charge in [0.05, 0.1) is 12.1 Å². The normalized spacial score (nSPS) is 13.0. The third-order valence-corrected chi connectivity index (χ3v) is 9.81. The van der Waals surface area contributed by atoms with Crippen LogP contribution in [0.15, 0.2) is 119 Å². The maximum atomic E-state index is 14.1. The van der Waals surface area contributed by atoms with Gasteiger partial charge in [0.25, 0.3) is 0 Å². The molecular weight excluding hydrogens is 719 g/mol. The number of amides is 2. The van der Waals surface area contributed by atoms with Crippen molar-refractivity contribution in [3.63, 3.8) is 0 Å². The lowest BCUT2D eigenvalue weighted by Crippen LogP contribution is -2.47. The van der Waals surface area contributed by atoms with Crippen LogP contribution < -0.4 is 39.7 Å². The van der Waals surface area contributed by atoms with E-state index in [1.54, 1.807) is 0 Å². The summed E-state index contributed by atoms with van der Waals surface area (Å²) in [6.45, 7) is 0.515. The summed E-state index contributed by atoms with van der Waals surface area (Å²) >= 11 is 0. The number of guanidine groups is 2. The Kier molecular flexibility index (Phi) is 17.0. The molecule has 4 aromatic carbocycles. The Hall–Kier alpha value is -6.34. The first-order valence-corrected chi connectivity index (χ1v) is 19.2. The Morgan fingerprint density at radius 1 is 0.526 bits per heavy atom. The predicted molar refractivity (Wildman–Crippen MR) is 226 cm³/mol. The summed E-state index contributed by atoms with van der Waals surface area (Å²) in [5.74, 6) is -3.59. The molecule has 13 N–H and O–H groups in total. The molecule has 0 aliphatic rings. The molecule has 13 heteroatoms. The second-order valence-corrected chi connectivity index (χ2v) is 14.2. The van der Waals surface area contributed by atoms with Crippen molar-refractivity contribution in [3.05, 3.63) is 120 Å². The molecule has 0 unspecified atom stereocenters. The predicted octanol–water partition coefficient (Wildman–Crippen LogP) is 3.36.